The SMILES string of the molecule is COCC(=O)N1CCC(CCOc2cccc(F)c2)CC1. The molecule has 0 spiro atoms. The van der Waals surface area contributed by atoms with Gasteiger partial charge in [0.25, 0.3) is 0 Å². The van der Waals surface area contributed by atoms with E-state index in [1.54, 1.807) is 12.1 Å². The third kappa shape index (κ3) is 5.01. The molecule has 0 unspecified atom stereocenters. The van der Waals surface area contributed by atoms with E-state index in [0.29, 0.717) is 18.3 Å². The minimum Gasteiger partial charge on any atom is -0.493 e. The summed E-state index contributed by atoms with van der Waals surface area (Å²) >= 11 is 0. The van der Waals surface area contributed by atoms with Crippen molar-refractivity contribution < 1.29 is 18.7 Å². The lowest BCUT2D eigenvalue weighted by molar-refractivity contribution is -0.136. The molecule has 0 saturated carbocycles. The predicted octanol–water partition coefficient (Wildman–Crippen LogP) is 2.48. The zero-order valence-electron chi connectivity index (χ0n) is 12.4. The fraction of sp³-hybridized carbons (Fsp3) is 0.562. The van der Waals surface area contributed by atoms with Gasteiger partial charge >= 0.3 is 0 Å². The Balaban J connectivity index is 1.66. The van der Waals surface area contributed by atoms with Gasteiger partial charge in [-0.2, -0.15) is 0 Å². The molecule has 0 atom stereocenters. The molecule has 1 heterocycles. The van der Waals surface area contributed by atoms with Gasteiger partial charge in [-0.1, -0.05) is 6.07 Å². The van der Waals surface area contributed by atoms with E-state index in [0.717, 1.165) is 32.4 Å². The summed E-state index contributed by atoms with van der Waals surface area (Å²) in [6, 6.07) is 6.20. The molecule has 1 aliphatic rings. The number of ether oxygens (including phenoxy) is 2. The van der Waals surface area contributed by atoms with Crippen molar-refractivity contribution in [2.75, 3.05) is 33.4 Å². The lowest BCUT2D eigenvalue weighted by Gasteiger charge is -2.31. The van der Waals surface area contributed by atoms with Gasteiger partial charge in [-0.25, -0.2) is 4.39 Å². The molecule has 1 fully saturated rings. The molecule has 5 heteroatoms. The van der Waals surface area contributed by atoms with Crippen LogP contribution in [0.5, 0.6) is 5.75 Å². The maximum absolute atomic E-state index is 13.0. The normalized spacial score (nSPS) is 16.0. The number of amides is 1. The molecule has 2 rings (SSSR count). The first-order valence-electron chi connectivity index (χ1n) is 7.34. The first kappa shape index (κ1) is 15.8. The van der Waals surface area contributed by atoms with Crippen LogP contribution in [-0.4, -0.2) is 44.2 Å². The molecule has 21 heavy (non-hydrogen) atoms. The van der Waals surface area contributed by atoms with E-state index in [2.05, 4.69) is 0 Å². The van der Waals surface area contributed by atoms with Crippen LogP contribution in [0, 0.1) is 11.7 Å². The van der Waals surface area contributed by atoms with Crippen LogP contribution in [0.15, 0.2) is 24.3 Å². The zero-order chi connectivity index (χ0) is 15.1. The Labute approximate surface area is 124 Å². The molecule has 4 nitrogen and oxygen atoms in total. The Morgan fingerprint density at radius 3 is 2.81 bits per heavy atom. The summed E-state index contributed by atoms with van der Waals surface area (Å²) in [6.07, 6.45) is 2.91. The number of carbonyl (C=O) groups is 1. The van der Waals surface area contributed by atoms with Gasteiger partial charge in [0, 0.05) is 26.3 Å². The fourth-order valence-corrected chi connectivity index (χ4v) is 2.59. The van der Waals surface area contributed by atoms with Crippen molar-refractivity contribution in [1.82, 2.24) is 4.90 Å². The Kier molecular flexibility index (Phi) is 5.99. The summed E-state index contributed by atoms with van der Waals surface area (Å²) in [5, 5.41) is 0. The van der Waals surface area contributed by atoms with E-state index in [9.17, 15) is 9.18 Å². The van der Waals surface area contributed by atoms with E-state index in [1.807, 2.05) is 4.90 Å². The van der Waals surface area contributed by atoms with Crippen molar-refractivity contribution >= 4 is 5.91 Å². The van der Waals surface area contributed by atoms with Crippen molar-refractivity contribution in [1.29, 1.82) is 0 Å². The van der Waals surface area contributed by atoms with Crippen molar-refractivity contribution in [3.8, 4) is 5.75 Å². The van der Waals surface area contributed by atoms with Crippen LogP contribution >= 0.6 is 0 Å². The van der Waals surface area contributed by atoms with Gasteiger partial charge < -0.3 is 14.4 Å². The standard InChI is InChI=1S/C16H22FNO3/c1-20-12-16(19)18-8-5-13(6-9-18)7-10-21-15-4-2-3-14(17)11-15/h2-4,11,13H,5-10,12H2,1H3. The van der Waals surface area contributed by atoms with Crippen molar-refractivity contribution in [3.05, 3.63) is 30.1 Å². The number of nitrogens with zero attached hydrogens (tertiary/aromatic N) is 1. The Morgan fingerprint density at radius 2 is 2.14 bits per heavy atom. The lowest BCUT2D eigenvalue weighted by Crippen LogP contribution is -2.40. The second kappa shape index (κ2) is 7.98. The minimum absolute atomic E-state index is 0.0620. The van der Waals surface area contributed by atoms with E-state index >= 15 is 0 Å². The number of hydrogen-bond donors (Lipinski definition) is 0. The summed E-state index contributed by atoms with van der Waals surface area (Å²) in [5.41, 5.74) is 0. The van der Waals surface area contributed by atoms with Crippen LogP contribution in [0.4, 0.5) is 4.39 Å². The maximum atomic E-state index is 13.0. The number of likely N-dealkylation sites (tertiary alicyclic amines) is 1. The largest absolute Gasteiger partial charge is 0.493 e. The quantitative estimate of drug-likeness (QED) is 0.809. The first-order valence-corrected chi connectivity index (χ1v) is 7.34. The van der Waals surface area contributed by atoms with E-state index < -0.39 is 0 Å². The predicted molar refractivity (Wildman–Crippen MR) is 77.7 cm³/mol. The summed E-state index contributed by atoms with van der Waals surface area (Å²) in [6.45, 7) is 2.31. The van der Waals surface area contributed by atoms with Crippen LogP contribution in [0.25, 0.3) is 0 Å². The highest BCUT2D eigenvalue weighted by Crippen LogP contribution is 2.21. The van der Waals surface area contributed by atoms with E-state index in [-0.39, 0.29) is 18.3 Å². The monoisotopic (exact) mass is 295 g/mol. The topological polar surface area (TPSA) is 38.8 Å². The highest BCUT2D eigenvalue weighted by atomic mass is 19.1. The summed E-state index contributed by atoms with van der Waals surface area (Å²) in [5.74, 6) is 0.914. The Bertz CT molecular complexity index is 459. The molecule has 116 valence electrons. The molecule has 1 aromatic rings. The average Bonchev–Trinajstić information content (AvgIpc) is 2.48. The minimum atomic E-state index is -0.280. The third-order valence-electron chi connectivity index (χ3n) is 3.83. The van der Waals surface area contributed by atoms with Crippen molar-refractivity contribution in [3.63, 3.8) is 0 Å². The second-order valence-electron chi connectivity index (χ2n) is 5.35. The van der Waals surface area contributed by atoms with Crippen LogP contribution in [0.2, 0.25) is 0 Å². The highest BCUT2D eigenvalue weighted by molar-refractivity contribution is 5.77. The van der Waals surface area contributed by atoms with Gasteiger partial charge in [0.1, 0.15) is 18.2 Å². The number of rotatable bonds is 6. The van der Waals surface area contributed by atoms with Gasteiger partial charge in [0.2, 0.25) is 5.91 Å². The first-order chi connectivity index (χ1) is 10.2. The maximum Gasteiger partial charge on any atom is 0.248 e. The number of methoxy groups -OCH3 is 1. The molecule has 1 aromatic carbocycles. The molecule has 1 aliphatic heterocycles. The Hall–Kier alpha value is -1.62. The Morgan fingerprint density at radius 1 is 1.38 bits per heavy atom. The molecule has 0 radical (unpaired) electrons. The van der Waals surface area contributed by atoms with Crippen molar-refractivity contribution in [2.45, 2.75) is 19.3 Å². The summed E-state index contributed by atoms with van der Waals surface area (Å²) < 4.78 is 23.4. The van der Waals surface area contributed by atoms with Crippen LogP contribution in [0.1, 0.15) is 19.3 Å². The fourth-order valence-electron chi connectivity index (χ4n) is 2.59. The molecule has 0 N–H and O–H groups in total. The molecule has 1 saturated heterocycles. The molecule has 0 aliphatic carbocycles. The molecule has 0 aromatic heterocycles. The number of benzene rings is 1. The number of hydrogen-bond acceptors (Lipinski definition) is 3. The molecular weight excluding hydrogens is 273 g/mol. The van der Waals surface area contributed by atoms with Crippen LogP contribution < -0.4 is 4.74 Å². The zero-order valence-corrected chi connectivity index (χ0v) is 12.4. The average molecular weight is 295 g/mol. The number of halogens is 1. The highest BCUT2D eigenvalue weighted by Gasteiger charge is 2.22. The molecule has 0 bridgehead atoms. The molecular formula is C16H22FNO3. The van der Waals surface area contributed by atoms with E-state index in [1.165, 1.54) is 19.2 Å². The van der Waals surface area contributed by atoms with Crippen LogP contribution in [0.3, 0.4) is 0 Å². The number of carbonyl (C=O) groups excluding carboxylic acids is 1. The van der Waals surface area contributed by atoms with Gasteiger partial charge in [0.05, 0.1) is 6.61 Å². The third-order valence-corrected chi connectivity index (χ3v) is 3.83. The summed E-state index contributed by atoms with van der Waals surface area (Å²) in [7, 11) is 1.54. The van der Waals surface area contributed by atoms with Crippen LogP contribution in [-0.2, 0) is 9.53 Å². The smallest absolute Gasteiger partial charge is 0.248 e. The van der Waals surface area contributed by atoms with Gasteiger partial charge in [-0.05, 0) is 37.3 Å². The van der Waals surface area contributed by atoms with Gasteiger partial charge in [0.15, 0.2) is 0 Å². The van der Waals surface area contributed by atoms with E-state index in [4.69, 9.17) is 9.47 Å². The molecule has 1 amide bonds. The number of piperidine rings is 1. The van der Waals surface area contributed by atoms with Gasteiger partial charge in [-0.15, -0.1) is 0 Å². The van der Waals surface area contributed by atoms with Gasteiger partial charge in [-0.3, -0.25) is 4.79 Å². The lowest BCUT2D eigenvalue weighted by atomic mass is 9.94. The summed E-state index contributed by atoms with van der Waals surface area (Å²) in [4.78, 5) is 13.5. The van der Waals surface area contributed by atoms with Crippen molar-refractivity contribution in [2.24, 2.45) is 5.92 Å². The second-order valence-corrected chi connectivity index (χ2v) is 5.35.